The lowest BCUT2D eigenvalue weighted by atomic mass is 10.2. The predicted molar refractivity (Wildman–Crippen MR) is 102 cm³/mol. The number of benzene rings is 1. The standard InChI is InChI=1S/C19H27N3OS/c24-19(20-16-18-9-5-15-23-18)22-13-11-21(12-14-22)10-4-8-17-6-2-1-3-7-17/h1-4,6-8,18H,5,9-16H2,(H,20,24)/p+1. The fourth-order valence-electron chi connectivity index (χ4n) is 3.27. The third kappa shape index (κ3) is 5.30. The van der Waals surface area contributed by atoms with Crippen molar-refractivity contribution in [3.63, 3.8) is 0 Å². The first-order valence-electron chi connectivity index (χ1n) is 9.01. The van der Waals surface area contributed by atoms with Crippen LogP contribution >= 0.6 is 12.2 Å². The topological polar surface area (TPSA) is 28.9 Å². The van der Waals surface area contributed by atoms with Crippen molar-refractivity contribution in [2.75, 3.05) is 45.9 Å². The molecule has 2 N–H and O–H groups in total. The minimum Gasteiger partial charge on any atom is -0.376 e. The van der Waals surface area contributed by atoms with Gasteiger partial charge < -0.3 is 19.9 Å². The summed E-state index contributed by atoms with van der Waals surface area (Å²) in [6.07, 6.45) is 7.18. The highest BCUT2D eigenvalue weighted by Crippen LogP contribution is 2.10. The van der Waals surface area contributed by atoms with Gasteiger partial charge in [0.2, 0.25) is 0 Å². The molecule has 1 unspecified atom stereocenters. The largest absolute Gasteiger partial charge is 0.376 e. The number of nitrogens with one attached hydrogen (secondary N) is 2. The highest BCUT2D eigenvalue weighted by molar-refractivity contribution is 7.80. The molecule has 1 aromatic rings. The maximum atomic E-state index is 5.64. The highest BCUT2D eigenvalue weighted by Gasteiger charge is 2.22. The van der Waals surface area contributed by atoms with Crippen molar-refractivity contribution in [2.45, 2.75) is 18.9 Å². The summed E-state index contributed by atoms with van der Waals surface area (Å²) in [7, 11) is 0. The van der Waals surface area contributed by atoms with E-state index in [0.717, 1.165) is 57.4 Å². The molecule has 2 aliphatic heterocycles. The van der Waals surface area contributed by atoms with Crippen LogP contribution in [0.1, 0.15) is 18.4 Å². The second kappa shape index (κ2) is 9.16. The lowest BCUT2D eigenvalue weighted by Crippen LogP contribution is -3.14. The average Bonchev–Trinajstić information content (AvgIpc) is 3.15. The van der Waals surface area contributed by atoms with E-state index in [0.29, 0.717) is 6.10 Å². The molecule has 0 amide bonds. The van der Waals surface area contributed by atoms with Crippen molar-refractivity contribution < 1.29 is 9.64 Å². The van der Waals surface area contributed by atoms with E-state index in [1.807, 2.05) is 0 Å². The van der Waals surface area contributed by atoms with Gasteiger partial charge in [0.05, 0.1) is 38.8 Å². The molecular formula is C19H28N3OS+. The van der Waals surface area contributed by atoms with Crippen LogP contribution in [0, 0.1) is 0 Å². The molecule has 24 heavy (non-hydrogen) atoms. The number of quaternary nitrogens is 1. The van der Waals surface area contributed by atoms with E-state index in [1.165, 1.54) is 12.0 Å². The molecule has 4 nitrogen and oxygen atoms in total. The number of rotatable bonds is 5. The Morgan fingerprint density at radius 1 is 1.29 bits per heavy atom. The van der Waals surface area contributed by atoms with E-state index < -0.39 is 0 Å². The van der Waals surface area contributed by atoms with Crippen molar-refractivity contribution in [3.05, 3.63) is 42.0 Å². The van der Waals surface area contributed by atoms with Crippen LogP contribution in [0.2, 0.25) is 0 Å². The summed E-state index contributed by atoms with van der Waals surface area (Å²) in [6.45, 7) is 7.18. The maximum Gasteiger partial charge on any atom is 0.169 e. The fraction of sp³-hybridized carbons (Fsp3) is 0.526. The van der Waals surface area contributed by atoms with Crippen LogP contribution in [0.25, 0.3) is 6.08 Å². The number of hydrogen-bond acceptors (Lipinski definition) is 2. The Morgan fingerprint density at radius 3 is 2.79 bits per heavy atom. The van der Waals surface area contributed by atoms with Crippen molar-refractivity contribution in [3.8, 4) is 0 Å². The molecule has 1 atom stereocenters. The van der Waals surface area contributed by atoms with E-state index in [4.69, 9.17) is 17.0 Å². The van der Waals surface area contributed by atoms with Gasteiger partial charge in [0.25, 0.3) is 0 Å². The first-order valence-corrected chi connectivity index (χ1v) is 9.41. The number of piperazine rings is 1. The summed E-state index contributed by atoms with van der Waals surface area (Å²) >= 11 is 5.53. The molecule has 2 saturated heterocycles. The van der Waals surface area contributed by atoms with Gasteiger partial charge in [0.15, 0.2) is 5.11 Å². The van der Waals surface area contributed by atoms with Gasteiger partial charge in [-0.3, -0.25) is 0 Å². The Kier molecular flexibility index (Phi) is 6.64. The van der Waals surface area contributed by atoms with Gasteiger partial charge in [0.1, 0.15) is 0 Å². The molecule has 0 aromatic heterocycles. The van der Waals surface area contributed by atoms with E-state index >= 15 is 0 Å². The Balaban J connectivity index is 1.34. The minimum absolute atomic E-state index is 0.345. The molecule has 0 spiro atoms. The van der Waals surface area contributed by atoms with Crippen LogP contribution in [-0.2, 0) is 4.74 Å². The zero-order valence-corrected chi connectivity index (χ0v) is 15.1. The third-order valence-corrected chi connectivity index (χ3v) is 5.18. The van der Waals surface area contributed by atoms with Crippen LogP contribution in [0.3, 0.4) is 0 Å². The first kappa shape index (κ1) is 17.4. The summed E-state index contributed by atoms with van der Waals surface area (Å²) in [4.78, 5) is 3.93. The van der Waals surface area contributed by atoms with Gasteiger partial charge in [-0.05, 0) is 36.7 Å². The second-order valence-corrected chi connectivity index (χ2v) is 6.96. The molecule has 2 fully saturated rings. The summed E-state index contributed by atoms with van der Waals surface area (Å²) in [5.41, 5.74) is 1.27. The Bertz CT molecular complexity index is 535. The zero-order valence-electron chi connectivity index (χ0n) is 14.2. The molecular weight excluding hydrogens is 318 g/mol. The van der Waals surface area contributed by atoms with Gasteiger partial charge in [0, 0.05) is 13.2 Å². The molecule has 0 bridgehead atoms. The molecule has 2 aliphatic rings. The number of nitrogens with zero attached hydrogens (tertiary/aromatic N) is 1. The summed E-state index contributed by atoms with van der Waals surface area (Å²) in [5, 5.41) is 4.28. The van der Waals surface area contributed by atoms with E-state index in [1.54, 1.807) is 4.90 Å². The SMILES string of the molecule is S=C(NCC1CCCO1)N1CC[NH+](CC=Cc2ccccc2)CC1. The predicted octanol–water partition coefficient (Wildman–Crippen LogP) is 0.954. The van der Waals surface area contributed by atoms with Gasteiger partial charge in [-0.1, -0.05) is 36.4 Å². The van der Waals surface area contributed by atoms with Crippen LogP contribution in [0.15, 0.2) is 36.4 Å². The van der Waals surface area contributed by atoms with Crippen LogP contribution in [0.5, 0.6) is 0 Å². The summed E-state index contributed by atoms with van der Waals surface area (Å²) in [5.74, 6) is 0. The van der Waals surface area contributed by atoms with Crippen molar-refractivity contribution in [1.29, 1.82) is 0 Å². The molecule has 1 aromatic carbocycles. The van der Waals surface area contributed by atoms with Crippen LogP contribution in [-0.4, -0.2) is 62.0 Å². The van der Waals surface area contributed by atoms with E-state index in [9.17, 15) is 0 Å². The molecule has 0 aliphatic carbocycles. The lowest BCUT2D eigenvalue weighted by molar-refractivity contribution is -0.897. The Morgan fingerprint density at radius 2 is 2.08 bits per heavy atom. The van der Waals surface area contributed by atoms with E-state index in [-0.39, 0.29) is 0 Å². The molecule has 130 valence electrons. The number of thiocarbonyl (C=S) groups is 1. The van der Waals surface area contributed by atoms with Gasteiger partial charge in [-0.2, -0.15) is 0 Å². The van der Waals surface area contributed by atoms with Gasteiger partial charge in [-0.25, -0.2) is 0 Å². The quantitative estimate of drug-likeness (QED) is 0.777. The first-order chi connectivity index (χ1) is 11.8. The maximum absolute atomic E-state index is 5.64. The van der Waals surface area contributed by atoms with Crippen molar-refractivity contribution >= 4 is 23.4 Å². The molecule has 5 heteroatoms. The van der Waals surface area contributed by atoms with E-state index in [2.05, 4.69) is 52.7 Å². The molecule has 0 saturated carbocycles. The average molecular weight is 347 g/mol. The molecule has 0 radical (unpaired) electrons. The van der Waals surface area contributed by atoms with Crippen LogP contribution in [0.4, 0.5) is 0 Å². The highest BCUT2D eigenvalue weighted by atomic mass is 32.1. The number of hydrogen-bond donors (Lipinski definition) is 2. The lowest BCUT2D eigenvalue weighted by Gasteiger charge is -2.33. The smallest absolute Gasteiger partial charge is 0.169 e. The number of ether oxygens (including phenoxy) is 1. The Hall–Kier alpha value is -1.43. The second-order valence-electron chi connectivity index (χ2n) is 6.58. The Labute approximate surface area is 150 Å². The zero-order chi connectivity index (χ0) is 16.6. The van der Waals surface area contributed by atoms with Crippen LogP contribution < -0.4 is 10.2 Å². The molecule has 3 rings (SSSR count). The third-order valence-electron chi connectivity index (χ3n) is 4.78. The van der Waals surface area contributed by atoms with Crippen molar-refractivity contribution in [2.24, 2.45) is 0 Å². The summed E-state index contributed by atoms with van der Waals surface area (Å²) < 4.78 is 5.64. The minimum atomic E-state index is 0.345. The van der Waals surface area contributed by atoms with Gasteiger partial charge >= 0.3 is 0 Å². The molecule has 2 heterocycles. The summed E-state index contributed by atoms with van der Waals surface area (Å²) in [6, 6.07) is 10.5. The monoisotopic (exact) mass is 346 g/mol. The van der Waals surface area contributed by atoms with Crippen molar-refractivity contribution in [1.82, 2.24) is 10.2 Å². The fourth-order valence-corrected chi connectivity index (χ4v) is 3.54. The van der Waals surface area contributed by atoms with Gasteiger partial charge in [-0.15, -0.1) is 0 Å². The normalized spacial score (nSPS) is 22.2.